The number of aromatic nitrogens is 3. The molecule has 1 unspecified atom stereocenters. The van der Waals surface area contributed by atoms with Gasteiger partial charge in [-0.15, -0.1) is 0 Å². The van der Waals surface area contributed by atoms with Crippen LogP contribution >= 0.6 is 0 Å². The molecule has 1 fully saturated rings. The number of pyridine rings is 1. The van der Waals surface area contributed by atoms with Crippen LogP contribution in [-0.4, -0.2) is 26.7 Å². The number of fused-ring (bicyclic) bond motifs is 1. The van der Waals surface area contributed by atoms with Crippen molar-refractivity contribution in [2.45, 2.75) is 31.9 Å². The van der Waals surface area contributed by atoms with E-state index in [4.69, 9.17) is 10.5 Å². The lowest BCUT2D eigenvalue weighted by Crippen LogP contribution is -2.30. The minimum absolute atomic E-state index is 0.140. The van der Waals surface area contributed by atoms with Crippen molar-refractivity contribution < 1.29 is 4.74 Å². The molecule has 0 radical (unpaired) electrons. The number of nitrogens with zero attached hydrogens (tertiary/aromatic N) is 3. The van der Waals surface area contributed by atoms with Crippen LogP contribution < -0.4 is 5.73 Å². The third-order valence-electron chi connectivity index (χ3n) is 3.33. The van der Waals surface area contributed by atoms with Gasteiger partial charge in [-0.1, -0.05) is 0 Å². The Kier molecular flexibility index (Phi) is 2.29. The number of hydrogen-bond donors (Lipinski definition) is 1. The third kappa shape index (κ3) is 1.76. The van der Waals surface area contributed by atoms with Crippen LogP contribution in [0.5, 0.6) is 0 Å². The smallest absolute Gasteiger partial charge is 0.202 e. The minimum Gasteiger partial charge on any atom is -0.373 e. The molecule has 5 heteroatoms. The van der Waals surface area contributed by atoms with Crippen molar-refractivity contribution in [3.05, 3.63) is 18.3 Å². The zero-order valence-corrected chi connectivity index (χ0v) is 9.89. The van der Waals surface area contributed by atoms with Crippen LogP contribution in [-0.2, 0) is 11.3 Å². The molecule has 2 aromatic heterocycles. The second-order valence-corrected chi connectivity index (χ2v) is 4.80. The minimum atomic E-state index is -0.140. The quantitative estimate of drug-likeness (QED) is 0.853. The zero-order chi connectivity index (χ0) is 11.9. The average Bonchev–Trinajstić information content (AvgIpc) is 2.86. The van der Waals surface area contributed by atoms with E-state index in [0.29, 0.717) is 12.5 Å². The maximum atomic E-state index is 5.95. The normalized spacial score (nSPS) is 24.5. The summed E-state index contributed by atoms with van der Waals surface area (Å²) >= 11 is 0. The van der Waals surface area contributed by atoms with Crippen LogP contribution in [0.4, 0.5) is 5.95 Å². The van der Waals surface area contributed by atoms with E-state index in [1.807, 2.05) is 16.7 Å². The van der Waals surface area contributed by atoms with Crippen LogP contribution in [0, 0.1) is 0 Å². The van der Waals surface area contributed by atoms with Crippen molar-refractivity contribution in [2.75, 3.05) is 12.3 Å². The molecule has 1 saturated heterocycles. The van der Waals surface area contributed by atoms with Gasteiger partial charge in [0.05, 0.1) is 12.1 Å². The standard InChI is InChI=1S/C12H16N4O/c1-12(5-3-7-17-12)8-16-10-9(15-11(16)13)4-2-6-14-10/h2,4,6H,3,5,7-8H2,1H3,(H2,13,15). The van der Waals surface area contributed by atoms with Crippen LogP contribution in [0.1, 0.15) is 19.8 Å². The maximum absolute atomic E-state index is 5.95. The van der Waals surface area contributed by atoms with Crippen molar-refractivity contribution >= 4 is 17.1 Å². The number of hydrogen-bond acceptors (Lipinski definition) is 4. The average molecular weight is 232 g/mol. The number of imidazole rings is 1. The first-order valence-electron chi connectivity index (χ1n) is 5.89. The Bertz CT molecular complexity index is 542. The molecule has 1 aliphatic heterocycles. The SMILES string of the molecule is CC1(Cn2c(N)nc3cccnc32)CCCO1. The Morgan fingerprint density at radius 3 is 3.24 bits per heavy atom. The van der Waals surface area contributed by atoms with Crippen molar-refractivity contribution in [3.63, 3.8) is 0 Å². The number of ether oxygens (including phenoxy) is 1. The summed E-state index contributed by atoms with van der Waals surface area (Å²) in [5.41, 5.74) is 7.48. The van der Waals surface area contributed by atoms with E-state index in [1.165, 1.54) is 0 Å². The molecule has 2 aromatic rings. The highest BCUT2D eigenvalue weighted by atomic mass is 16.5. The number of nitrogen functional groups attached to an aromatic ring is 1. The molecule has 2 N–H and O–H groups in total. The first kappa shape index (κ1) is 10.5. The summed E-state index contributed by atoms with van der Waals surface area (Å²) in [7, 11) is 0. The first-order valence-corrected chi connectivity index (χ1v) is 5.89. The largest absolute Gasteiger partial charge is 0.373 e. The zero-order valence-electron chi connectivity index (χ0n) is 9.89. The molecule has 0 aromatic carbocycles. The highest BCUT2D eigenvalue weighted by Gasteiger charge is 2.31. The summed E-state index contributed by atoms with van der Waals surface area (Å²) in [5.74, 6) is 0.510. The van der Waals surface area contributed by atoms with Crippen LogP contribution in [0.2, 0.25) is 0 Å². The van der Waals surface area contributed by atoms with Gasteiger partial charge in [0.15, 0.2) is 5.65 Å². The molecule has 5 nitrogen and oxygen atoms in total. The van der Waals surface area contributed by atoms with E-state index >= 15 is 0 Å². The summed E-state index contributed by atoms with van der Waals surface area (Å²) < 4.78 is 7.73. The van der Waals surface area contributed by atoms with E-state index in [2.05, 4.69) is 16.9 Å². The summed E-state index contributed by atoms with van der Waals surface area (Å²) in [6.07, 6.45) is 3.92. The number of anilines is 1. The van der Waals surface area contributed by atoms with Crippen molar-refractivity contribution in [3.8, 4) is 0 Å². The van der Waals surface area contributed by atoms with Gasteiger partial charge < -0.3 is 10.5 Å². The predicted molar refractivity (Wildman–Crippen MR) is 65.5 cm³/mol. The molecular weight excluding hydrogens is 216 g/mol. The molecule has 3 heterocycles. The van der Waals surface area contributed by atoms with Gasteiger partial charge in [-0.3, -0.25) is 4.57 Å². The Morgan fingerprint density at radius 2 is 2.47 bits per heavy atom. The number of nitrogens with two attached hydrogens (primary N) is 1. The van der Waals surface area contributed by atoms with E-state index in [0.717, 1.165) is 30.6 Å². The molecule has 1 atom stereocenters. The molecule has 0 aliphatic carbocycles. The van der Waals surface area contributed by atoms with Crippen LogP contribution in [0.3, 0.4) is 0 Å². The van der Waals surface area contributed by atoms with E-state index in [9.17, 15) is 0 Å². The monoisotopic (exact) mass is 232 g/mol. The second kappa shape index (κ2) is 3.70. The van der Waals surface area contributed by atoms with Gasteiger partial charge in [0.2, 0.25) is 5.95 Å². The molecule has 17 heavy (non-hydrogen) atoms. The Hall–Kier alpha value is -1.62. The van der Waals surface area contributed by atoms with E-state index < -0.39 is 0 Å². The third-order valence-corrected chi connectivity index (χ3v) is 3.33. The summed E-state index contributed by atoms with van der Waals surface area (Å²) in [6.45, 7) is 3.66. The fraction of sp³-hybridized carbons (Fsp3) is 0.500. The molecule has 0 spiro atoms. The van der Waals surface area contributed by atoms with Gasteiger partial charge in [-0.25, -0.2) is 9.97 Å². The van der Waals surface area contributed by atoms with Gasteiger partial charge in [0, 0.05) is 12.8 Å². The molecule has 90 valence electrons. The van der Waals surface area contributed by atoms with Gasteiger partial charge in [-0.05, 0) is 31.9 Å². The highest BCUT2D eigenvalue weighted by molar-refractivity contribution is 5.73. The Morgan fingerprint density at radius 1 is 1.59 bits per heavy atom. The molecule has 0 amide bonds. The fourth-order valence-corrected chi connectivity index (χ4v) is 2.43. The Balaban J connectivity index is 2.02. The number of rotatable bonds is 2. The first-order chi connectivity index (χ1) is 8.18. The molecular formula is C12H16N4O. The lowest BCUT2D eigenvalue weighted by atomic mass is 10.0. The lowest BCUT2D eigenvalue weighted by Gasteiger charge is -2.24. The van der Waals surface area contributed by atoms with Crippen LogP contribution in [0.15, 0.2) is 18.3 Å². The summed E-state index contributed by atoms with van der Waals surface area (Å²) in [4.78, 5) is 8.65. The van der Waals surface area contributed by atoms with Crippen molar-refractivity contribution in [1.82, 2.24) is 14.5 Å². The summed E-state index contributed by atoms with van der Waals surface area (Å²) in [5, 5.41) is 0. The topological polar surface area (TPSA) is 66.0 Å². The highest BCUT2D eigenvalue weighted by Crippen LogP contribution is 2.29. The van der Waals surface area contributed by atoms with Gasteiger partial charge in [-0.2, -0.15) is 0 Å². The van der Waals surface area contributed by atoms with Gasteiger partial charge in [0.25, 0.3) is 0 Å². The Labute approximate surface area is 99.6 Å². The lowest BCUT2D eigenvalue weighted by molar-refractivity contribution is 0.00740. The second-order valence-electron chi connectivity index (χ2n) is 4.80. The van der Waals surface area contributed by atoms with E-state index in [-0.39, 0.29) is 5.60 Å². The van der Waals surface area contributed by atoms with Crippen LogP contribution in [0.25, 0.3) is 11.2 Å². The molecule has 1 aliphatic rings. The molecule has 0 bridgehead atoms. The van der Waals surface area contributed by atoms with E-state index in [1.54, 1.807) is 6.20 Å². The fourth-order valence-electron chi connectivity index (χ4n) is 2.43. The van der Waals surface area contributed by atoms with Crippen molar-refractivity contribution in [2.24, 2.45) is 0 Å². The maximum Gasteiger partial charge on any atom is 0.202 e. The van der Waals surface area contributed by atoms with Gasteiger partial charge >= 0.3 is 0 Å². The molecule has 0 saturated carbocycles. The van der Waals surface area contributed by atoms with Crippen molar-refractivity contribution in [1.29, 1.82) is 0 Å². The molecule has 3 rings (SSSR count). The van der Waals surface area contributed by atoms with Gasteiger partial charge in [0.1, 0.15) is 5.52 Å². The summed E-state index contributed by atoms with van der Waals surface area (Å²) in [6, 6.07) is 3.79. The predicted octanol–water partition coefficient (Wildman–Crippen LogP) is 1.58.